The molecular formula is C11H22OS2Si. The average Bonchev–Trinajstić information content (AvgIpc) is 2.47. The third-order valence-electron chi connectivity index (χ3n) is 2.93. The summed E-state index contributed by atoms with van der Waals surface area (Å²) in [6.45, 7) is 6.91. The number of rotatable bonds is 2. The van der Waals surface area contributed by atoms with Crippen LogP contribution >= 0.6 is 23.5 Å². The van der Waals surface area contributed by atoms with Crippen molar-refractivity contribution in [2.24, 2.45) is 0 Å². The summed E-state index contributed by atoms with van der Waals surface area (Å²) in [5.74, 6) is 2.74. The third-order valence-corrected chi connectivity index (χ3v) is 7.45. The first-order chi connectivity index (χ1) is 6.99. The smallest absolute Gasteiger partial charge is 0.184 e. The van der Waals surface area contributed by atoms with Crippen molar-refractivity contribution in [3.63, 3.8) is 0 Å². The Labute approximate surface area is 103 Å². The van der Waals surface area contributed by atoms with Gasteiger partial charge < -0.3 is 4.43 Å². The molecule has 15 heavy (non-hydrogen) atoms. The van der Waals surface area contributed by atoms with Crippen LogP contribution in [0.25, 0.3) is 0 Å². The number of thioether (sulfide) groups is 2. The van der Waals surface area contributed by atoms with Crippen molar-refractivity contribution < 1.29 is 4.43 Å². The standard InChI is InChI=1S/C11H22OS2Si/c1-15(2,3)12-10-5-6-11(9-10)13-7-4-8-14-11/h10H,4-9H2,1-3H3. The Morgan fingerprint density at radius 3 is 2.47 bits per heavy atom. The molecule has 0 bridgehead atoms. The van der Waals surface area contributed by atoms with E-state index in [4.69, 9.17) is 4.43 Å². The lowest BCUT2D eigenvalue weighted by atomic mass is 10.3. The second-order valence-corrected chi connectivity index (χ2v) is 13.2. The Morgan fingerprint density at radius 1 is 1.20 bits per heavy atom. The van der Waals surface area contributed by atoms with Crippen LogP contribution in [0.2, 0.25) is 19.6 Å². The molecule has 1 saturated carbocycles. The summed E-state index contributed by atoms with van der Waals surface area (Å²) < 4.78 is 6.78. The summed E-state index contributed by atoms with van der Waals surface area (Å²) >= 11 is 4.40. The van der Waals surface area contributed by atoms with Crippen LogP contribution in [0, 0.1) is 0 Å². The molecule has 1 unspecified atom stereocenters. The van der Waals surface area contributed by atoms with Crippen molar-refractivity contribution in [3.05, 3.63) is 0 Å². The first-order valence-electron chi connectivity index (χ1n) is 5.95. The molecule has 0 N–H and O–H groups in total. The highest BCUT2D eigenvalue weighted by molar-refractivity contribution is 8.18. The van der Waals surface area contributed by atoms with Gasteiger partial charge in [-0.1, -0.05) is 0 Å². The summed E-state index contributed by atoms with van der Waals surface area (Å²) in [5.41, 5.74) is 0. The molecule has 0 aromatic heterocycles. The van der Waals surface area contributed by atoms with E-state index in [0.29, 0.717) is 10.2 Å². The van der Waals surface area contributed by atoms with Crippen molar-refractivity contribution in [2.75, 3.05) is 11.5 Å². The molecule has 0 aromatic carbocycles. The van der Waals surface area contributed by atoms with Gasteiger partial charge in [0.25, 0.3) is 0 Å². The topological polar surface area (TPSA) is 9.23 Å². The minimum absolute atomic E-state index is 0.544. The fraction of sp³-hybridized carbons (Fsp3) is 1.00. The Bertz CT molecular complexity index is 221. The van der Waals surface area contributed by atoms with E-state index in [-0.39, 0.29) is 0 Å². The Balaban J connectivity index is 1.88. The van der Waals surface area contributed by atoms with Crippen molar-refractivity contribution in [1.29, 1.82) is 0 Å². The van der Waals surface area contributed by atoms with Crippen LogP contribution in [0.3, 0.4) is 0 Å². The van der Waals surface area contributed by atoms with Gasteiger partial charge in [0.2, 0.25) is 0 Å². The third kappa shape index (κ3) is 3.41. The molecule has 4 heteroatoms. The van der Waals surface area contributed by atoms with Gasteiger partial charge >= 0.3 is 0 Å². The lowest BCUT2D eigenvalue weighted by molar-refractivity contribution is 0.202. The predicted molar refractivity (Wildman–Crippen MR) is 74.3 cm³/mol. The molecule has 88 valence electrons. The highest BCUT2D eigenvalue weighted by atomic mass is 32.2. The maximum Gasteiger partial charge on any atom is 0.184 e. The maximum absolute atomic E-state index is 6.24. The molecule has 1 heterocycles. The van der Waals surface area contributed by atoms with Gasteiger partial charge in [-0.15, -0.1) is 23.5 Å². The fourth-order valence-electron chi connectivity index (χ4n) is 2.41. The van der Waals surface area contributed by atoms with E-state index in [1.54, 1.807) is 0 Å². The molecular weight excluding hydrogens is 240 g/mol. The van der Waals surface area contributed by atoms with Gasteiger partial charge in [-0.2, -0.15) is 0 Å². The Hall–Kier alpha value is 0.877. The van der Waals surface area contributed by atoms with Gasteiger partial charge in [0.05, 0.1) is 4.08 Å². The van der Waals surface area contributed by atoms with Gasteiger partial charge in [0.15, 0.2) is 8.32 Å². The first kappa shape index (κ1) is 12.3. The molecule has 2 aliphatic rings. The molecule has 2 fully saturated rings. The number of hydrogen-bond donors (Lipinski definition) is 0. The molecule has 0 amide bonds. The van der Waals surface area contributed by atoms with Crippen LogP contribution in [0.15, 0.2) is 0 Å². The van der Waals surface area contributed by atoms with E-state index in [1.165, 1.54) is 37.2 Å². The summed E-state index contributed by atoms with van der Waals surface area (Å²) in [6.07, 6.45) is 5.93. The fourth-order valence-corrected chi connectivity index (χ4v) is 7.08. The highest BCUT2D eigenvalue weighted by Gasteiger charge is 2.42. The van der Waals surface area contributed by atoms with Crippen LogP contribution < -0.4 is 0 Å². The zero-order valence-corrected chi connectivity index (χ0v) is 12.7. The largest absolute Gasteiger partial charge is 0.415 e. The minimum Gasteiger partial charge on any atom is -0.415 e. The van der Waals surface area contributed by atoms with Crippen LogP contribution in [0.5, 0.6) is 0 Å². The van der Waals surface area contributed by atoms with Gasteiger partial charge in [0, 0.05) is 6.10 Å². The van der Waals surface area contributed by atoms with Crippen LogP contribution in [0.1, 0.15) is 25.7 Å². The maximum atomic E-state index is 6.24. The first-order valence-corrected chi connectivity index (χ1v) is 11.3. The predicted octanol–water partition coefficient (Wildman–Crippen LogP) is 3.96. The monoisotopic (exact) mass is 262 g/mol. The van der Waals surface area contributed by atoms with Crippen molar-refractivity contribution in [3.8, 4) is 0 Å². The lowest BCUT2D eigenvalue weighted by Crippen LogP contribution is -2.32. The molecule has 1 saturated heterocycles. The second-order valence-electron chi connectivity index (χ2n) is 5.56. The van der Waals surface area contributed by atoms with Crippen molar-refractivity contribution >= 4 is 31.8 Å². The molecule has 1 nitrogen and oxygen atoms in total. The van der Waals surface area contributed by atoms with E-state index in [9.17, 15) is 0 Å². The second kappa shape index (κ2) is 4.63. The quantitative estimate of drug-likeness (QED) is 0.697. The minimum atomic E-state index is -1.32. The molecule has 1 aliphatic heterocycles. The molecule has 0 aromatic rings. The average molecular weight is 263 g/mol. The van der Waals surface area contributed by atoms with E-state index in [0.717, 1.165) is 0 Å². The normalized spacial score (nSPS) is 31.0. The van der Waals surface area contributed by atoms with Crippen LogP contribution in [0.4, 0.5) is 0 Å². The van der Waals surface area contributed by atoms with E-state index >= 15 is 0 Å². The van der Waals surface area contributed by atoms with Crippen molar-refractivity contribution in [1.82, 2.24) is 0 Å². The summed E-state index contributed by atoms with van der Waals surface area (Å²) in [6, 6.07) is 0. The van der Waals surface area contributed by atoms with E-state index in [1.807, 2.05) is 0 Å². The SMILES string of the molecule is C[Si](C)(C)OC1CCC2(C1)SCCCS2. The molecule has 1 spiro atoms. The summed E-state index contributed by atoms with van der Waals surface area (Å²) in [4.78, 5) is 0. The molecule has 1 aliphatic carbocycles. The molecule has 0 radical (unpaired) electrons. The van der Waals surface area contributed by atoms with Gasteiger partial charge in [-0.05, 0) is 56.8 Å². The molecule has 2 rings (SSSR count). The van der Waals surface area contributed by atoms with Gasteiger partial charge in [-0.25, -0.2) is 0 Å². The lowest BCUT2D eigenvalue weighted by Gasteiger charge is -2.32. The summed E-state index contributed by atoms with van der Waals surface area (Å²) in [7, 11) is -1.32. The van der Waals surface area contributed by atoms with Crippen LogP contribution in [-0.2, 0) is 4.43 Å². The van der Waals surface area contributed by atoms with E-state index < -0.39 is 8.32 Å². The zero-order chi connectivity index (χ0) is 10.9. The summed E-state index contributed by atoms with van der Waals surface area (Å²) in [5, 5.41) is 0. The zero-order valence-electron chi connectivity index (χ0n) is 10.0. The van der Waals surface area contributed by atoms with Crippen LogP contribution in [-0.4, -0.2) is 30.0 Å². The Morgan fingerprint density at radius 2 is 1.87 bits per heavy atom. The van der Waals surface area contributed by atoms with Gasteiger partial charge in [0.1, 0.15) is 0 Å². The number of hydrogen-bond acceptors (Lipinski definition) is 3. The van der Waals surface area contributed by atoms with Crippen molar-refractivity contribution in [2.45, 2.75) is 55.5 Å². The van der Waals surface area contributed by atoms with Gasteiger partial charge in [-0.3, -0.25) is 0 Å². The van der Waals surface area contributed by atoms with E-state index in [2.05, 4.69) is 43.2 Å². The molecule has 1 atom stereocenters. The highest BCUT2D eigenvalue weighted by Crippen LogP contribution is 2.53. The Kier molecular flexibility index (Phi) is 3.81.